The number of nitrogens with one attached hydrogen (secondary N) is 2. The number of fused-ring (bicyclic) bond motifs is 1. The van der Waals surface area contributed by atoms with Gasteiger partial charge in [-0.15, -0.1) is 0 Å². The van der Waals surface area contributed by atoms with Crippen LogP contribution in [-0.4, -0.2) is 44.5 Å². The third kappa shape index (κ3) is 6.14. The summed E-state index contributed by atoms with van der Waals surface area (Å²) >= 11 is 6.17. The van der Waals surface area contributed by atoms with E-state index in [0.717, 1.165) is 35.3 Å². The molecule has 0 aliphatic carbocycles. The van der Waals surface area contributed by atoms with E-state index in [-0.39, 0.29) is 11.9 Å². The van der Waals surface area contributed by atoms with Crippen molar-refractivity contribution in [2.45, 2.75) is 19.3 Å². The molecule has 6 nitrogen and oxygen atoms in total. The summed E-state index contributed by atoms with van der Waals surface area (Å²) in [5.74, 6) is -0.428. The second-order valence-corrected chi connectivity index (χ2v) is 9.48. The lowest BCUT2D eigenvalue weighted by atomic mass is 9.98. The van der Waals surface area contributed by atoms with E-state index in [0.29, 0.717) is 34.8 Å². The fourth-order valence-corrected chi connectivity index (χ4v) is 4.28. The van der Waals surface area contributed by atoms with Crippen LogP contribution in [0.3, 0.4) is 0 Å². The average Bonchev–Trinajstić information content (AvgIpc) is 3.20. The number of ether oxygens (including phenoxy) is 1. The van der Waals surface area contributed by atoms with Crippen LogP contribution in [0.1, 0.15) is 28.7 Å². The zero-order chi connectivity index (χ0) is 25.7. The molecule has 0 radical (unpaired) electrons. The maximum absolute atomic E-state index is 13.1. The third-order valence-electron chi connectivity index (χ3n) is 6.14. The standard InChI is InChI=1S/C29H30ClN3O3/c1-33(2)17-16-20-6-12-23(13-7-20)31-28(21-9-4-19(5-10-21)8-15-26(34)36-3)27-24-14-11-22(30)18-25(24)32-29(27)35/h4-7,9-14,18,31H,8,15-17H2,1-3H3,(H,32,35)/b28-27-. The van der Waals surface area contributed by atoms with E-state index in [1.807, 2.05) is 42.5 Å². The number of rotatable bonds is 9. The average molecular weight is 504 g/mol. The number of hydrogen-bond acceptors (Lipinski definition) is 5. The van der Waals surface area contributed by atoms with E-state index in [1.165, 1.54) is 12.7 Å². The number of esters is 1. The molecule has 0 fully saturated rings. The Balaban J connectivity index is 1.69. The Bertz CT molecular complexity index is 1280. The molecule has 2 N–H and O–H groups in total. The van der Waals surface area contributed by atoms with Crippen molar-refractivity contribution in [3.8, 4) is 0 Å². The van der Waals surface area contributed by atoms with Crippen LogP contribution in [0.2, 0.25) is 5.02 Å². The number of carbonyl (C=O) groups is 2. The van der Waals surface area contributed by atoms with Crippen molar-refractivity contribution in [3.63, 3.8) is 0 Å². The summed E-state index contributed by atoms with van der Waals surface area (Å²) in [6.45, 7) is 0.976. The normalized spacial score (nSPS) is 13.9. The Kier molecular flexibility index (Phi) is 8.08. The molecule has 36 heavy (non-hydrogen) atoms. The summed E-state index contributed by atoms with van der Waals surface area (Å²) in [6.07, 6.45) is 1.87. The van der Waals surface area contributed by atoms with Gasteiger partial charge in [-0.05, 0) is 67.9 Å². The minimum atomic E-state index is -0.240. The molecule has 0 saturated heterocycles. The first-order valence-electron chi connectivity index (χ1n) is 11.9. The largest absolute Gasteiger partial charge is 0.469 e. The third-order valence-corrected chi connectivity index (χ3v) is 6.37. The summed E-state index contributed by atoms with van der Waals surface area (Å²) in [5, 5.41) is 6.99. The lowest BCUT2D eigenvalue weighted by Gasteiger charge is -2.16. The van der Waals surface area contributed by atoms with Gasteiger partial charge in [0, 0.05) is 29.2 Å². The van der Waals surface area contributed by atoms with Crippen LogP contribution in [-0.2, 0) is 27.2 Å². The number of anilines is 2. The Morgan fingerprint density at radius 2 is 1.64 bits per heavy atom. The van der Waals surface area contributed by atoms with Crippen molar-refractivity contribution in [3.05, 3.63) is 94.0 Å². The molecule has 7 heteroatoms. The van der Waals surface area contributed by atoms with Crippen LogP contribution in [0, 0.1) is 0 Å². The number of nitrogens with zero attached hydrogens (tertiary/aromatic N) is 1. The molecule has 0 saturated carbocycles. The molecule has 4 rings (SSSR count). The van der Waals surface area contributed by atoms with Crippen LogP contribution in [0.5, 0.6) is 0 Å². The van der Waals surface area contributed by atoms with E-state index >= 15 is 0 Å². The molecule has 186 valence electrons. The van der Waals surface area contributed by atoms with E-state index in [4.69, 9.17) is 16.3 Å². The van der Waals surface area contributed by atoms with E-state index in [1.54, 1.807) is 12.1 Å². The molecule has 3 aromatic carbocycles. The smallest absolute Gasteiger partial charge is 0.305 e. The van der Waals surface area contributed by atoms with Gasteiger partial charge in [0.05, 0.1) is 24.1 Å². The highest BCUT2D eigenvalue weighted by atomic mass is 35.5. The molecule has 1 heterocycles. The number of halogens is 1. The molecule has 0 spiro atoms. The number of likely N-dealkylation sites (N-methyl/N-ethyl adjacent to an activating group) is 1. The van der Waals surface area contributed by atoms with Gasteiger partial charge in [0.15, 0.2) is 0 Å². The maximum Gasteiger partial charge on any atom is 0.305 e. The van der Waals surface area contributed by atoms with Gasteiger partial charge in [-0.3, -0.25) is 9.59 Å². The van der Waals surface area contributed by atoms with Gasteiger partial charge in [-0.25, -0.2) is 0 Å². The first-order chi connectivity index (χ1) is 17.3. The fourth-order valence-electron chi connectivity index (χ4n) is 4.11. The van der Waals surface area contributed by atoms with E-state index < -0.39 is 0 Å². The molecule has 0 aromatic heterocycles. The predicted molar refractivity (Wildman–Crippen MR) is 146 cm³/mol. The number of carbonyl (C=O) groups excluding carboxylic acids is 2. The summed E-state index contributed by atoms with van der Waals surface area (Å²) in [7, 11) is 5.52. The first-order valence-corrected chi connectivity index (χ1v) is 12.2. The van der Waals surface area contributed by atoms with Gasteiger partial charge in [-0.2, -0.15) is 0 Å². The monoisotopic (exact) mass is 503 g/mol. The lowest BCUT2D eigenvalue weighted by Crippen LogP contribution is -2.15. The SMILES string of the molecule is COC(=O)CCc1ccc(/C(Nc2ccc(CCN(C)C)cc2)=C2/C(=O)Nc3cc(Cl)ccc32)cc1. The lowest BCUT2D eigenvalue weighted by molar-refractivity contribution is -0.140. The molecule has 0 unspecified atom stereocenters. The van der Waals surface area contributed by atoms with Crippen molar-refractivity contribution in [1.29, 1.82) is 0 Å². The topological polar surface area (TPSA) is 70.7 Å². The van der Waals surface area contributed by atoms with Crippen LogP contribution in [0.15, 0.2) is 66.7 Å². The molecule has 1 aliphatic rings. The highest BCUT2D eigenvalue weighted by molar-refractivity contribution is 6.38. The second kappa shape index (κ2) is 11.4. The zero-order valence-electron chi connectivity index (χ0n) is 20.7. The quantitative estimate of drug-likeness (QED) is 0.299. The maximum atomic E-state index is 13.1. The minimum absolute atomic E-state index is 0.188. The van der Waals surface area contributed by atoms with E-state index in [9.17, 15) is 9.59 Å². The summed E-state index contributed by atoms with van der Waals surface area (Å²) in [6, 6.07) is 21.6. The second-order valence-electron chi connectivity index (χ2n) is 9.04. The van der Waals surface area contributed by atoms with Crippen molar-refractivity contribution >= 4 is 46.1 Å². The Labute approximate surface area is 216 Å². The van der Waals surface area contributed by atoms with Crippen LogP contribution in [0.25, 0.3) is 11.3 Å². The van der Waals surface area contributed by atoms with Crippen LogP contribution >= 0.6 is 11.6 Å². The van der Waals surface area contributed by atoms with Gasteiger partial charge in [-0.1, -0.05) is 54.1 Å². The first kappa shape index (κ1) is 25.5. The number of aryl methyl sites for hydroxylation is 1. The summed E-state index contributed by atoms with van der Waals surface area (Å²) < 4.78 is 4.74. The van der Waals surface area contributed by atoms with Gasteiger partial charge in [0.1, 0.15) is 0 Å². The van der Waals surface area contributed by atoms with Gasteiger partial charge in [0.25, 0.3) is 5.91 Å². The molecule has 0 atom stereocenters. The van der Waals surface area contributed by atoms with Crippen LogP contribution < -0.4 is 10.6 Å². The zero-order valence-corrected chi connectivity index (χ0v) is 21.5. The van der Waals surface area contributed by atoms with E-state index in [2.05, 4.69) is 41.8 Å². The van der Waals surface area contributed by atoms with Crippen molar-refractivity contribution < 1.29 is 14.3 Å². The summed E-state index contributed by atoms with van der Waals surface area (Å²) in [4.78, 5) is 26.8. The predicted octanol–water partition coefficient (Wildman–Crippen LogP) is 5.48. The number of benzene rings is 3. The number of hydrogen-bond donors (Lipinski definition) is 2. The van der Waals surface area contributed by atoms with Crippen molar-refractivity contribution in [2.75, 3.05) is 38.4 Å². The molecule has 3 aromatic rings. The van der Waals surface area contributed by atoms with Crippen molar-refractivity contribution in [1.82, 2.24) is 4.90 Å². The molecular weight excluding hydrogens is 474 g/mol. The highest BCUT2D eigenvalue weighted by Gasteiger charge is 2.28. The molecular formula is C29H30ClN3O3. The van der Waals surface area contributed by atoms with Gasteiger partial charge in [0.2, 0.25) is 0 Å². The van der Waals surface area contributed by atoms with Gasteiger partial charge >= 0.3 is 5.97 Å². The Morgan fingerprint density at radius 3 is 2.31 bits per heavy atom. The Morgan fingerprint density at radius 1 is 0.972 bits per heavy atom. The van der Waals surface area contributed by atoms with Gasteiger partial charge < -0.3 is 20.3 Å². The molecule has 1 aliphatic heterocycles. The van der Waals surface area contributed by atoms with Crippen molar-refractivity contribution in [2.24, 2.45) is 0 Å². The minimum Gasteiger partial charge on any atom is -0.469 e. The highest BCUT2D eigenvalue weighted by Crippen LogP contribution is 2.38. The van der Waals surface area contributed by atoms with Crippen LogP contribution in [0.4, 0.5) is 11.4 Å². The fraction of sp³-hybridized carbons (Fsp3) is 0.241. The number of amides is 1. The summed E-state index contributed by atoms with van der Waals surface area (Å²) in [5.41, 5.74) is 6.76. The molecule has 1 amide bonds. The molecule has 0 bridgehead atoms. The number of methoxy groups -OCH3 is 1. The Hall–Kier alpha value is -3.61.